The quantitative estimate of drug-likeness (QED) is 0.810. The summed E-state index contributed by atoms with van der Waals surface area (Å²) in [5.41, 5.74) is 2.35. The Morgan fingerprint density at radius 1 is 1.19 bits per heavy atom. The van der Waals surface area contributed by atoms with Gasteiger partial charge in [-0.1, -0.05) is 19.9 Å². The Balaban J connectivity index is 1.68. The number of fused-ring (bicyclic) bond motifs is 1. The van der Waals surface area contributed by atoms with Crippen molar-refractivity contribution in [3.63, 3.8) is 0 Å². The van der Waals surface area contributed by atoms with Crippen molar-refractivity contribution in [1.82, 2.24) is 5.32 Å². The van der Waals surface area contributed by atoms with Crippen LogP contribution < -0.4 is 15.5 Å². The van der Waals surface area contributed by atoms with Gasteiger partial charge in [0.05, 0.1) is 12.8 Å². The van der Waals surface area contributed by atoms with Gasteiger partial charge in [-0.3, -0.25) is 14.4 Å². The second-order valence-corrected chi connectivity index (χ2v) is 6.81. The van der Waals surface area contributed by atoms with Gasteiger partial charge < -0.3 is 20.0 Å². The normalized spacial score (nSPS) is 13.2. The molecular formula is C20H23N3O4. The number of hydrogen-bond acceptors (Lipinski definition) is 4. The lowest BCUT2D eigenvalue weighted by atomic mass is 9.99. The summed E-state index contributed by atoms with van der Waals surface area (Å²) in [6, 6.07) is 8.82. The van der Waals surface area contributed by atoms with E-state index in [1.54, 1.807) is 29.2 Å². The molecular weight excluding hydrogens is 346 g/mol. The predicted octanol–water partition coefficient (Wildman–Crippen LogP) is 2.47. The monoisotopic (exact) mass is 369 g/mol. The zero-order chi connectivity index (χ0) is 19.4. The molecule has 2 aromatic rings. The van der Waals surface area contributed by atoms with Gasteiger partial charge >= 0.3 is 11.8 Å². The van der Waals surface area contributed by atoms with Crippen molar-refractivity contribution >= 4 is 29.1 Å². The van der Waals surface area contributed by atoms with Gasteiger partial charge in [0.15, 0.2) is 0 Å². The number of carbonyl (C=O) groups is 3. The Hall–Kier alpha value is -3.09. The van der Waals surface area contributed by atoms with Crippen LogP contribution in [0.1, 0.15) is 31.6 Å². The molecule has 0 radical (unpaired) electrons. The fourth-order valence-corrected chi connectivity index (χ4v) is 3.04. The maximum atomic E-state index is 12.5. The zero-order valence-corrected chi connectivity index (χ0v) is 15.5. The lowest BCUT2D eigenvalue weighted by molar-refractivity contribution is -0.136. The number of anilines is 2. The summed E-state index contributed by atoms with van der Waals surface area (Å²) >= 11 is 0. The molecule has 1 aliphatic heterocycles. The first kappa shape index (κ1) is 18.7. The first-order valence-electron chi connectivity index (χ1n) is 9.01. The molecule has 1 aliphatic rings. The second kappa shape index (κ2) is 8.07. The lowest BCUT2D eigenvalue weighted by Crippen LogP contribution is -2.38. The van der Waals surface area contributed by atoms with Crippen LogP contribution in [-0.4, -0.2) is 24.3 Å². The molecule has 0 bridgehead atoms. The molecule has 1 aromatic heterocycles. The molecule has 1 aromatic carbocycles. The number of nitrogens with one attached hydrogen (secondary N) is 2. The fraction of sp³-hybridized carbons (Fsp3) is 0.350. The molecule has 7 nitrogen and oxygen atoms in total. The van der Waals surface area contributed by atoms with Gasteiger partial charge in [0.2, 0.25) is 5.91 Å². The molecule has 0 unspecified atom stereocenters. The Morgan fingerprint density at radius 3 is 2.70 bits per heavy atom. The van der Waals surface area contributed by atoms with Crippen LogP contribution >= 0.6 is 0 Å². The van der Waals surface area contributed by atoms with Crippen LogP contribution in [0.25, 0.3) is 0 Å². The van der Waals surface area contributed by atoms with Gasteiger partial charge in [-0.25, -0.2) is 0 Å². The van der Waals surface area contributed by atoms with E-state index in [9.17, 15) is 14.4 Å². The fourth-order valence-electron chi connectivity index (χ4n) is 3.04. The highest BCUT2D eigenvalue weighted by molar-refractivity contribution is 6.39. The highest BCUT2D eigenvalue weighted by Gasteiger charge is 2.25. The number of carbonyl (C=O) groups excluding carboxylic acids is 3. The Morgan fingerprint density at radius 2 is 2.00 bits per heavy atom. The van der Waals surface area contributed by atoms with Crippen LogP contribution in [0, 0.1) is 5.92 Å². The number of hydrogen-bond donors (Lipinski definition) is 2. The number of benzene rings is 1. The first-order valence-corrected chi connectivity index (χ1v) is 9.01. The average Bonchev–Trinajstić information content (AvgIpc) is 3.18. The topological polar surface area (TPSA) is 91.7 Å². The molecule has 0 saturated carbocycles. The van der Waals surface area contributed by atoms with Crippen molar-refractivity contribution in [2.45, 2.75) is 33.2 Å². The number of rotatable bonds is 4. The molecule has 0 fully saturated rings. The standard InChI is InChI=1S/C20H23N3O4/c1-13(2)20(26)23-9-3-5-14-7-8-15(11-17(14)23)22-19(25)18(24)21-12-16-6-4-10-27-16/h4,6-8,10-11,13H,3,5,9,12H2,1-2H3,(H,21,24)(H,22,25). The van der Waals surface area contributed by atoms with Crippen molar-refractivity contribution < 1.29 is 18.8 Å². The molecule has 2 N–H and O–H groups in total. The SMILES string of the molecule is CC(C)C(=O)N1CCCc2ccc(NC(=O)C(=O)NCc3ccco3)cc21. The van der Waals surface area contributed by atoms with Crippen LogP contribution in [0.15, 0.2) is 41.0 Å². The summed E-state index contributed by atoms with van der Waals surface area (Å²) in [7, 11) is 0. The molecule has 0 atom stereocenters. The van der Waals surface area contributed by atoms with Crippen molar-refractivity contribution in [2.24, 2.45) is 5.92 Å². The van der Waals surface area contributed by atoms with Crippen molar-refractivity contribution in [3.05, 3.63) is 47.9 Å². The maximum Gasteiger partial charge on any atom is 0.313 e. The molecule has 142 valence electrons. The summed E-state index contributed by atoms with van der Waals surface area (Å²) in [5, 5.41) is 5.09. The number of amides is 3. The summed E-state index contributed by atoms with van der Waals surface area (Å²) in [5.74, 6) is -1.01. The van der Waals surface area contributed by atoms with E-state index < -0.39 is 11.8 Å². The average molecular weight is 369 g/mol. The molecule has 3 rings (SSSR count). The molecule has 0 aliphatic carbocycles. The van der Waals surface area contributed by atoms with Gasteiger partial charge in [0.25, 0.3) is 0 Å². The first-order chi connectivity index (χ1) is 13.0. The molecule has 27 heavy (non-hydrogen) atoms. The van der Waals surface area contributed by atoms with Crippen LogP contribution in [0.2, 0.25) is 0 Å². The van der Waals surface area contributed by atoms with Crippen LogP contribution in [-0.2, 0) is 27.3 Å². The molecule has 0 saturated heterocycles. The van der Waals surface area contributed by atoms with Crippen molar-refractivity contribution in [3.8, 4) is 0 Å². The van der Waals surface area contributed by atoms with Crippen LogP contribution in [0.4, 0.5) is 11.4 Å². The Kier molecular flexibility index (Phi) is 5.59. The molecule has 7 heteroatoms. The van der Waals surface area contributed by atoms with E-state index in [4.69, 9.17) is 4.42 Å². The summed E-state index contributed by atoms with van der Waals surface area (Å²) in [6.07, 6.45) is 3.29. The van der Waals surface area contributed by atoms with E-state index in [1.807, 2.05) is 19.9 Å². The Bertz CT molecular complexity index is 843. The highest BCUT2D eigenvalue weighted by Crippen LogP contribution is 2.31. The number of nitrogens with zero attached hydrogens (tertiary/aromatic N) is 1. The minimum absolute atomic E-state index is 0.0515. The van der Waals surface area contributed by atoms with Crippen LogP contribution in [0.3, 0.4) is 0 Å². The van der Waals surface area contributed by atoms with E-state index in [2.05, 4.69) is 10.6 Å². The predicted molar refractivity (Wildman–Crippen MR) is 101 cm³/mol. The Labute approximate surface area is 157 Å². The van der Waals surface area contributed by atoms with E-state index >= 15 is 0 Å². The van der Waals surface area contributed by atoms with Gasteiger partial charge in [-0.2, -0.15) is 0 Å². The van der Waals surface area contributed by atoms with E-state index in [-0.39, 0.29) is 18.4 Å². The summed E-state index contributed by atoms with van der Waals surface area (Å²) in [6.45, 7) is 4.53. The van der Waals surface area contributed by atoms with E-state index in [0.717, 1.165) is 24.1 Å². The third kappa shape index (κ3) is 4.36. The van der Waals surface area contributed by atoms with Gasteiger partial charge in [0.1, 0.15) is 5.76 Å². The zero-order valence-electron chi connectivity index (χ0n) is 15.5. The highest BCUT2D eigenvalue weighted by atomic mass is 16.3. The molecule has 3 amide bonds. The van der Waals surface area contributed by atoms with Crippen molar-refractivity contribution in [1.29, 1.82) is 0 Å². The van der Waals surface area contributed by atoms with E-state index in [1.165, 1.54) is 6.26 Å². The maximum absolute atomic E-state index is 12.5. The largest absolute Gasteiger partial charge is 0.467 e. The summed E-state index contributed by atoms with van der Waals surface area (Å²) in [4.78, 5) is 38.3. The van der Waals surface area contributed by atoms with Crippen molar-refractivity contribution in [2.75, 3.05) is 16.8 Å². The van der Waals surface area contributed by atoms with Gasteiger partial charge in [-0.05, 0) is 42.7 Å². The smallest absolute Gasteiger partial charge is 0.313 e. The summed E-state index contributed by atoms with van der Waals surface area (Å²) < 4.78 is 5.11. The third-order valence-corrected chi connectivity index (χ3v) is 4.43. The lowest BCUT2D eigenvalue weighted by Gasteiger charge is -2.31. The second-order valence-electron chi connectivity index (χ2n) is 6.81. The number of aryl methyl sites for hydroxylation is 1. The minimum atomic E-state index is -0.765. The van der Waals surface area contributed by atoms with Gasteiger partial charge in [0, 0.05) is 23.8 Å². The number of furan rings is 1. The molecule has 0 spiro atoms. The molecule has 2 heterocycles. The third-order valence-electron chi connectivity index (χ3n) is 4.43. The van der Waals surface area contributed by atoms with Crippen LogP contribution in [0.5, 0.6) is 0 Å². The van der Waals surface area contributed by atoms with E-state index in [0.29, 0.717) is 18.0 Å². The van der Waals surface area contributed by atoms with Gasteiger partial charge in [-0.15, -0.1) is 0 Å². The minimum Gasteiger partial charge on any atom is -0.467 e.